The number of hydrogen-bond acceptors (Lipinski definition) is 3. The average Bonchev–Trinajstić information content (AvgIpc) is 2.24. The smallest absolute Gasteiger partial charge is 0.343 e. The molecule has 0 bridgehead atoms. The SMILES string of the molecule is CNc1cc(Br)c(Cl)c(F)c1C(=O)OC. The van der Waals surface area contributed by atoms with E-state index >= 15 is 0 Å². The third-order valence-corrected chi connectivity index (χ3v) is 3.04. The van der Waals surface area contributed by atoms with Crippen LogP contribution >= 0.6 is 27.5 Å². The number of halogens is 3. The van der Waals surface area contributed by atoms with Crippen LogP contribution in [0.5, 0.6) is 0 Å². The van der Waals surface area contributed by atoms with Gasteiger partial charge in [-0.25, -0.2) is 9.18 Å². The first kappa shape index (κ1) is 12.3. The van der Waals surface area contributed by atoms with Gasteiger partial charge in [0.2, 0.25) is 0 Å². The fraction of sp³-hybridized carbons (Fsp3) is 0.222. The summed E-state index contributed by atoms with van der Waals surface area (Å²) in [5, 5.41) is 2.55. The predicted octanol–water partition coefficient (Wildman–Crippen LogP) is 3.07. The van der Waals surface area contributed by atoms with Gasteiger partial charge in [-0.2, -0.15) is 0 Å². The van der Waals surface area contributed by atoms with Crippen LogP contribution in [0, 0.1) is 5.82 Å². The largest absolute Gasteiger partial charge is 0.465 e. The zero-order chi connectivity index (χ0) is 11.6. The number of hydrogen-bond donors (Lipinski definition) is 1. The number of ether oxygens (including phenoxy) is 1. The Morgan fingerprint density at radius 2 is 2.27 bits per heavy atom. The van der Waals surface area contributed by atoms with E-state index in [4.69, 9.17) is 11.6 Å². The Morgan fingerprint density at radius 1 is 1.67 bits per heavy atom. The second-order valence-corrected chi connectivity index (χ2v) is 3.88. The van der Waals surface area contributed by atoms with Crippen LogP contribution in [0.3, 0.4) is 0 Å². The summed E-state index contributed by atoms with van der Waals surface area (Å²) in [5.74, 6) is -1.58. The number of rotatable bonds is 2. The van der Waals surface area contributed by atoms with Crippen molar-refractivity contribution in [1.29, 1.82) is 0 Å². The lowest BCUT2D eigenvalue weighted by molar-refractivity contribution is 0.0596. The Kier molecular flexibility index (Phi) is 3.93. The van der Waals surface area contributed by atoms with Gasteiger partial charge in [0.1, 0.15) is 5.56 Å². The van der Waals surface area contributed by atoms with Crippen LogP contribution in [-0.2, 0) is 4.74 Å². The number of anilines is 1. The molecule has 0 atom stereocenters. The lowest BCUT2D eigenvalue weighted by atomic mass is 10.1. The Hall–Kier alpha value is -0.810. The molecule has 3 nitrogen and oxygen atoms in total. The van der Waals surface area contributed by atoms with Crippen LogP contribution in [-0.4, -0.2) is 20.1 Å². The summed E-state index contributed by atoms with van der Waals surface area (Å²) in [7, 11) is 2.75. The molecule has 0 aliphatic carbocycles. The minimum Gasteiger partial charge on any atom is -0.465 e. The van der Waals surface area contributed by atoms with Gasteiger partial charge in [0.25, 0.3) is 0 Å². The molecule has 1 N–H and O–H groups in total. The predicted molar refractivity (Wildman–Crippen MR) is 60.0 cm³/mol. The first-order chi connectivity index (χ1) is 7.02. The molecule has 0 unspecified atom stereocenters. The van der Waals surface area contributed by atoms with Crippen molar-refractivity contribution in [2.75, 3.05) is 19.5 Å². The Balaban J connectivity index is 3.47. The monoisotopic (exact) mass is 295 g/mol. The molecule has 0 aromatic heterocycles. The molecule has 1 rings (SSSR count). The topological polar surface area (TPSA) is 38.3 Å². The van der Waals surface area contributed by atoms with Crippen LogP contribution in [0.4, 0.5) is 10.1 Å². The van der Waals surface area contributed by atoms with Gasteiger partial charge in [-0.3, -0.25) is 0 Å². The zero-order valence-electron chi connectivity index (χ0n) is 8.03. The average molecular weight is 297 g/mol. The molecule has 0 saturated heterocycles. The van der Waals surface area contributed by atoms with Gasteiger partial charge < -0.3 is 10.1 Å². The maximum atomic E-state index is 13.6. The van der Waals surface area contributed by atoms with Crippen molar-refractivity contribution < 1.29 is 13.9 Å². The molecule has 1 aromatic carbocycles. The van der Waals surface area contributed by atoms with E-state index in [0.29, 0.717) is 10.2 Å². The van der Waals surface area contributed by atoms with E-state index in [2.05, 4.69) is 26.0 Å². The fourth-order valence-electron chi connectivity index (χ4n) is 1.09. The highest BCUT2D eigenvalue weighted by Gasteiger charge is 2.21. The highest BCUT2D eigenvalue weighted by molar-refractivity contribution is 9.10. The van der Waals surface area contributed by atoms with Gasteiger partial charge in [-0.15, -0.1) is 0 Å². The minimum atomic E-state index is -0.803. The van der Waals surface area contributed by atoms with E-state index in [1.807, 2.05) is 0 Å². The van der Waals surface area contributed by atoms with E-state index in [-0.39, 0.29) is 10.6 Å². The summed E-state index contributed by atoms with van der Waals surface area (Å²) in [4.78, 5) is 11.3. The first-order valence-electron chi connectivity index (χ1n) is 3.96. The molecule has 0 spiro atoms. The lowest BCUT2D eigenvalue weighted by Gasteiger charge is -2.10. The molecule has 0 heterocycles. The summed E-state index contributed by atoms with van der Waals surface area (Å²) < 4.78 is 18.5. The second-order valence-electron chi connectivity index (χ2n) is 2.65. The van der Waals surface area contributed by atoms with Crippen molar-refractivity contribution in [1.82, 2.24) is 0 Å². The van der Waals surface area contributed by atoms with Crippen molar-refractivity contribution in [3.05, 3.63) is 26.9 Å². The molecule has 1 aromatic rings. The fourth-order valence-corrected chi connectivity index (χ4v) is 1.65. The molecular weight excluding hydrogens is 288 g/mol. The number of carbonyl (C=O) groups excluding carboxylic acids is 1. The summed E-state index contributed by atoms with van der Waals surface area (Å²) >= 11 is 8.73. The maximum Gasteiger partial charge on any atom is 0.343 e. The normalized spacial score (nSPS) is 9.93. The van der Waals surface area contributed by atoms with Crippen molar-refractivity contribution in [3.63, 3.8) is 0 Å². The highest BCUT2D eigenvalue weighted by atomic mass is 79.9. The zero-order valence-corrected chi connectivity index (χ0v) is 10.4. The quantitative estimate of drug-likeness (QED) is 0.673. The van der Waals surface area contributed by atoms with E-state index in [1.165, 1.54) is 13.2 Å². The third kappa shape index (κ3) is 2.23. The van der Waals surface area contributed by atoms with Crippen molar-refractivity contribution in [2.24, 2.45) is 0 Å². The third-order valence-electron chi connectivity index (χ3n) is 1.82. The van der Waals surface area contributed by atoms with Gasteiger partial charge >= 0.3 is 5.97 Å². The Morgan fingerprint density at radius 3 is 2.73 bits per heavy atom. The maximum absolute atomic E-state index is 13.6. The van der Waals surface area contributed by atoms with Crippen LogP contribution < -0.4 is 5.32 Å². The molecule has 82 valence electrons. The molecule has 15 heavy (non-hydrogen) atoms. The van der Waals surface area contributed by atoms with Gasteiger partial charge in [-0.05, 0) is 22.0 Å². The number of carbonyl (C=O) groups is 1. The highest BCUT2D eigenvalue weighted by Crippen LogP contribution is 2.33. The van der Waals surface area contributed by atoms with E-state index < -0.39 is 11.8 Å². The number of benzene rings is 1. The molecule has 0 amide bonds. The van der Waals surface area contributed by atoms with E-state index in [9.17, 15) is 9.18 Å². The Labute approximate surface area is 99.7 Å². The van der Waals surface area contributed by atoms with Crippen LogP contribution in [0.1, 0.15) is 10.4 Å². The molecule has 0 saturated carbocycles. The summed E-state index contributed by atoms with van der Waals surface area (Å²) in [5.41, 5.74) is 0.115. The number of methoxy groups -OCH3 is 1. The second kappa shape index (κ2) is 4.81. The number of nitrogens with one attached hydrogen (secondary N) is 1. The van der Waals surface area contributed by atoms with E-state index in [0.717, 1.165) is 0 Å². The first-order valence-corrected chi connectivity index (χ1v) is 5.13. The lowest BCUT2D eigenvalue weighted by Crippen LogP contribution is -2.09. The van der Waals surface area contributed by atoms with Gasteiger partial charge in [0, 0.05) is 11.5 Å². The van der Waals surface area contributed by atoms with Gasteiger partial charge in [-0.1, -0.05) is 11.6 Å². The van der Waals surface area contributed by atoms with Gasteiger partial charge in [0.15, 0.2) is 5.82 Å². The molecular formula is C9H8BrClFNO2. The molecule has 0 aliphatic heterocycles. The van der Waals surface area contributed by atoms with Crippen LogP contribution in [0.2, 0.25) is 5.02 Å². The summed E-state index contributed by atoms with van der Waals surface area (Å²) in [6, 6.07) is 1.51. The standard InChI is InChI=1S/C9H8BrClFNO2/c1-13-5-3-4(10)7(11)8(12)6(5)9(14)15-2/h3,13H,1-2H3. The minimum absolute atomic E-state index is 0.144. The molecule has 0 aliphatic rings. The van der Waals surface area contributed by atoms with Crippen molar-refractivity contribution in [3.8, 4) is 0 Å². The van der Waals surface area contributed by atoms with E-state index in [1.54, 1.807) is 7.05 Å². The summed E-state index contributed by atoms with van der Waals surface area (Å²) in [6.07, 6.45) is 0. The number of esters is 1. The molecule has 0 fully saturated rings. The molecule has 6 heteroatoms. The van der Waals surface area contributed by atoms with Crippen molar-refractivity contribution >= 4 is 39.2 Å². The summed E-state index contributed by atoms with van der Waals surface area (Å²) in [6.45, 7) is 0. The Bertz CT molecular complexity index is 412. The van der Waals surface area contributed by atoms with Crippen LogP contribution in [0.25, 0.3) is 0 Å². The molecule has 0 radical (unpaired) electrons. The van der Waals surface area contributed by atoms with Crippen molar-refractivity contribution in [2.45, 2.75) is 0 Å². The van der Waals surface area contributed by atoms with Crippen LogP contribution in [0.15, 0.2) is 10.5 Å². The van der Waals surface area contributed by atoms with Gasteiger partial charge in [0.05, 0.1) is 17.8 Å².